The van der Waals surface area contributed by atoms with Crippen LogP contribution < -0.4 is 5.32 Å². The Morgan fingerprint density at radius 1 is 0.966 bits per heavy atom. The van der Waals surface area contributed by atoms with Crippen LogP contribution in [-0.4, -0.2) is 31.7 Å². The summed E-state index contributed by atoms with van der Waals surface area (Å²) in [5.74, 6) is -0.0191. The number of carbonyl (C=O) groups is 1. The molecule has 0 aromatic heterocycles. The van der Waals surface area contributed by atoms with Crippen LogP contribution in [0.4, 0.5) is 5.69 Å². The molecule has 2 aromatic rings. The molecule has 1 aliphatic rings. The van der Waals surface area contributed by atoms with Crippen LogP contribution in [0.2, 0.25) is 0 Å². The number of para-hydroxylation sites is 1. The highest BCUT2D eigenvalue weighted by atomic mass is 32.2. The molecule has 0 unspecified atom stereocenters. The van der Waals surface area contributed by atoms with Gasteiger partial charge in [0.15, 0.2) is 0 Å². The van der Waals surface area contributed by atoms with E-state index >= 15 is 0 Å². The summed E-state index contributed by atoms with van der Waals surface area (Å²) in [7, 11) is -3.39. The Morgan fingerprint density at radius 3 is 2.10 bits per heavy atom. The number of rotatable bonds is 8. The molecule has 3 rings (SSSR count). The van der Waals surface area contributed by atoms with Crippen LogP contribution in [0.5, 0.6) is 0 Å². The maximum atomic E-state index is 12.6. The molecule has 1 aliphatic heterocycles. The van der Waals surface area contributed by atoms with Gasteiger partial charge in [-0.25, -0.2) is 8.42 Å². The number of hydrogen-bond donors (Lipinski definition) is 1. The summed E-state index contributed by atoms with van der Waals surface area (Å²) in [6.45, 7) is 5.37. The first-order chi connectivity index (χ1) is 14.0. The van der Waals surface area contributed by atoms with Gasteiger partial charge in [-0.3, -0.25) is 4.79 Å². The Hall–Kier alpha value is -2.18. The van der Waals surface area contributed by atoms with Gasteiger partial charge in [-0.15, -0.1) is 0 Å². The predicted molar refractivity (Wildman–Crippen MR) is 117 cm³/mol. The molecule has 0 spiro atoms. The molecule has 0 radical (unpaired) electrons. The number of nitrogens with zero attached hydrogens (tertiary/aromatic N) is 1. The summed E-state index contributed by atoms with van der Waals surface area (Å²) in [4.78, 5) is 12.8. The number of aryl methyl sites for hydroxylation is 3. The fourth-order valence-electron chi connectivity index (χ4n) is 3.77. The number of carbonyl (C=O) groups excluding carboxylic acids is 1. The van der Waals surface area contributed by atoms with Gasteiger partial charge in [-0.1, -0.05) is 44.2 Å². The summed E-state index contributed by atoms with van der Waals surface area (Å²) in [5, 5.41) is 3.08. The summed E-state index contributed by atoms with van der Waals surface area (Å²) >= 11 is 0. The monoisotopic (exact) mass is 414 g/mol. The summed E-state index contributed by atoms with van der Waals surface area (Å²) in [6.07, 6.45) is 4.53. The van der Waals surface area contributed by atoms with Gasteiger partial charge in [-0.2, -0.15) is 4.31 Å². The standard InChI is InChI=1S/C23H30N2O3S/c1-3-19-8-7-9-20(4-2)23(19)24-22(26)15-12-18-10-13-21(14-11-18)29(27,28)25-16-5-6-17-25/h7-11,13-14H,3-6,12,15-17H2,1-2H3,(H,24,26). The van der Waals surface area contributed by atoms with Gasteiger partial charge in [0, 0.05) is 25.2 Å². The Bertz CT molecular complexity index is 924. The first-order valence-electron chi connectivity index (χ1n) is 10.5. The van der Waals surface area contributed by atoms with Crippen molar-refractivity contribution in [3.8, 4) is 0 Å². The van der Waals surface area contributed by atoms with Gasteiger partial charge in [0.2, 0.25) is 15.9 Å². The zero-order valence-electron chi connectivity index (χ0n) is 17.3. The van der Waals surface area contributed by atoms with E-state index in [1.807, 2.05) is 30.3 Å². The maximum Gasteiger partial charge on any atom is 0.243 e. The van der Waals surface area contributed by atoms with Crippen molar-refractivity contribution in [3.05, 3.63) is 59.2 Å². The average molecular weight is 415 g/mol. The Morgan fingerprint density at radius 2 is 1.55 bits per heavy atom. The van der Waals surface area contributed by atoms with E-state index in [0.29, 0.717) is 30.8 Å². The van der Waals surface area contributed by atoms with Gasteiger partial charge < -0.3 is 5.32 Å². The molecule has 1 fully saturated rings. The number of benzene rings is 2. The number of hydrogen-bond acceptors (Lipinski definition) is 3. The fourth-order valence-corrected chi connectivity index (χ4v) is 5.29. The molecule has 1 N–H and O–H groups in total. The molecule has 5 nitrogen and oxygen atoms in total. The first-order valence-corrected chi connectivity index (χ1v) is 11.9. The molecule has 6 heteroatoms. The zero-order chi connectivity index (χ0) is 20.9. The molecule has 0 bridgehead atoms. The maximum absolute atomic E-state index is 12.6. The lowest BCUT2D eigenvalue weighted by Crippen LogP contribution is -2.27. The molecule has 1 saturated heterocycles. The molecule has 29 heavy (non-hydrogen) atoms. The summed E-state index contributed by atoms with van der Waals surface area (Å²) < 4.78 is 26.7. The van der Waals surface area contributed by atoms with Crippen molar-refractivity contribution < 1.29 is 13.2 Å². The largest absolute Gasteiger partial charge is 0.326 e. The minimum atomic E-state index is -3.39. The van der Waals surface area contributed by atoms with E-state index in [9.17, 15) is 13.2 Å². The van der Waals surface area contributed by atoms with Gasteiger partial charge in [0.25, 0.3) is 0 Å². The Balaban J connectivity index is 1.61. The third kappa shape index (κ3) is 5.06. The first kappa shape index (κ1) is 21.5. The zero-order valence-corrected chi connectivity index (χ0v) is 18.1. The minimum absolute atomic E-state index is 0.0191. The molecular formula is C23H30N2O3S. The van der Waals surface area contributed by atoms with Crippen molar-refractivity contribution in [2.24, 2.45) is 0 Å². The molecule has 1 heterocycles. The van der Waals surface area contributed by atoms with Crippen molar-refractivity contribution in [2.45, 2.75) is 57.3 Å². The van der Waals surface area contributed by atoms with Crippen LogP contribution in [0.25, 0.3) is 0 Å². The quantitative estimate of drug-likeness (QED) is 0.705. The number of nitrogens with one attached hydrogen (secondary N) is 1. The topological polar surface area (TPSA) is 66.5 Å². The van der Waals surface area contributed by atoms with E-state index in [4.69, 9.17) is 0 Å². The molecule has 1 amide bonds. The van der Waals surface area contributed by atoms with Crippen LogP contribution in [0, 0.1) is 0 Å². The summed E-state index contributed by atoms with van der Waals surface area (Å²) in [5.41, 5.74) is 4.19. The highest BCUT2D eigenvalue weighted by Gasteiger charge is 2.26. The normalized spacial score (nSPS) is 14.8. The van der Waals surface area contributed by atoms with Crippen molar-refractivity contribution >= 4 is 21.6 Å². The van der Waals surface area contributed by atoms with Gasteiger partial charge >= 0.3 is 0 Å². The van der Waals surface area contributed by atoms with Crippen LogP contribution in [0.15, 0.2) is 47.4 Å². The van der Waals surface area contributed by atoms with Crippen LogP contribution in [-0.2, 0) is 34.1 Å². The minimum Gasteiger partial charge on any atom is -0.326 e. The molecule has 0 aliphatic carbocycles. The number of anilines is 1. The highest BCUT2D eigenvalue weighted by Crippen LogP contribution is 2.24. The van der Waals surface area contributed by atoms with Gasteiger partial charge in [0.05, 0.1) is 4.90 Å². The van der Waals surface area contributed by atoms with Crippen molar-refractivity contribution in [2.75, 3.05) is 18.4 Å². The SMILES string of the molecule is CCc1cccc(CC)c1NC(=O)CCc1ccc(S(=O)(=O)N2CCCC2)cc1. The number of amides is 1. The Labute approximate surface area is 174 Å². The second-order valence-electron chi connectivity index (χ2n) is 7.46. The lowest BCUT2D eigenvalue weighted by molar-refractivity contribution is -0.116. The third-order valence-corrected chi connectivity index (χ3v) is 7.44. The Kier molecular flexibility index (Phi) is 7.09. The second kappa shape index (κ2) is 9.55. The molecular weight excluding hydrogens is 384 g/mol. The van der Waals surface area contributed by atoms with Crippen molar-refractivity contribution in [1.82, 2.24) is 4.31 Å². The lowest BCUT2D eigenvalue weighted by atomic mass is 10.0. The molecule has 0 atom stereocenters. The second-order valence-corrected chi connectivity index (χ2v) is 9.40. The summed E-state index contributed by atoms with van der Waals surface area (Å²) in [6, 6.07) is 13.1. The van der Waals surface area contributed by atoms with Gasteiger partial charge in [-0.05, 0) is 60.9 Å². The lowest BCUT2D eigenvalue weighted by Gasteiger charge is -2.16. The molecule has 0 saturated carbocycles. The average Bonchev–Trinajstić information content (AvgIpc) is 3.28. The number of sulfonamides is 1. The fraction of sp³-hybridized carbons (Fsp3) is 0.435. The molecule has 2 aromatic carbocycles. The van der Waals surface area contributed by atoms with Crippen molar-refractivity contribution in [3.63, 3.8) is 0 Å². The van der Waals surface area contributed by atoms with E-state index in [1.54, 1.807) is 16.4 Å². The van der Waals surface area contributed by atoms with Gasteiger partial charge in [0.1, 0.15) is 0 Å². The molecule has 156 valence electrons. The van der Waals surface area contributed by atoms with E-state index in [0.717, 1.165) is 48.1 Å². The smallest absolute Gasteiger partial charge is 0.243 e. The van der Waals surface area contributed by atoms with Crippen molar-refractivity contribution in [1.29, 1.82) is 0 Å². The third-order valence-electron chi connectivity index (χ3n) is 5.53. The highest BCUT2D eigenvalue weighted by molar-refractivity contribution is 7.89. The van der Waals surface area contributed by atoms with E-state index in [2.05, 4.69) is 19.2 Å². The van der Waals surface area contributed by atoms with Crippen LogP contribution in [0.3, 0.4) is 0 Å². The van der Waals surface area contributed by atoms with Crippen LogP contribution in [0.1, 0.15) is 49.8 Å². The van der Waals surface area contributed by atoms with E-state index in [1.165, 1.54) is 0 Å². The predicted octanol–water partition coefficient (Wildman–Crippen LogP) is 4.17. The van der Waals surface area contributed by atoms with E-state index in [-0.39, 0.29) is 5.91 Å². The van der Waals surface area contributed by atoms with E-state index < -0.39 is 10.0 Å². The van der Waals surface area contributed by atoms with Crippen LogP contribution >= 0.6 is 0 Å².